The summed E-state index contributed by atoms with van der Waals surface area (Å²) in [5.41, 5.74) is -0.121. The molecule has 1 heterocycles. The van der Waals surface area contributed by atoms with Gasteiger partial charge in [-0.1, -0.05) is 28.1 Å². The SMILES string of the molecule is CN(Cc1ccc(Br)cc1)c1cc(C(F)(F)F)nc(Cl)n1. The lowest BCUT2D eigenvalue weighted by atomic mass is 10.2. The van der Waals surface area contributed by atoms with E-state index in [0.29, 0.717) is 6.54 Å². The Morgan fingerprint density at radius 3 is 2.38 bits per heavy atom. The minimum Gasteiger partial charge on any atom is -0.355 e. The first-order chi connectivity index (χ1) is 9.75. The van der Waals surface area contributed by atoms with Gasteiger partial charge in [0.05, 0.1) is 0 Å². The maximum Gasteiger partial charge on any atom is 0.433 e. The largest absolute Gasteiger partial charge is 0.433 e. The van der Waals surface area contributed by atoms with Gasteiger partial charge in [0.2, 0.25) is 5.28 Å². The first-order valence-electron chi connectivity index (χ1n) is 5.83. The van der Waals surface area contributed by atoms with Gasteiger partial charge in [-0.25, -0.2) is 9.97 Å². The van der Waals surface area contributed by atoms with E-state index in [-0.39, 0.29) is 5.82 Å². The van der Waals surface area contributed by atoms with Crippen LogP contribution in [0.3, 0.4) is 0 Å². The lowest BCUT2D eigenvalue weighted by Gasteiger charge is -2.19. The lowest BCUT2D eigenvalue weighted by Crippen LogP contribution is -2.19. The zero-order chi connectivity index (χ0) is 15.6. The Hall–Kier alpha value is -1.34. The average Bonchev–Trinajstić information content (AvgIpc) is 2.39. The quantitative estimate of drug-likeness (QED) is 0.732. The third kappa shape index (κ3) is 4.31. The highest BCUT2D eigenvalue weighted by molar-refractivity contribution is 9.10. The van der Waals surface area contributed by atoms with Crippen LogP contribution in [0, 0.1) is 0 Å². The normalized spacial score (nSPS) is 11.5. The van der Waals surface area contributed by atoms with Crippen molar-refractivity contribution in [2.24, 2.45) is 0 Å². The van der Waals surface area contributed by atoms with Crippen molar-refractivity contribution in [2.75, 3.05) is 11.9 Å². The predicted octanol–water partition coefficient (Wildman–Crippen LogP) is 4.55. The van der Waals surface area contributed by atoms with Gasteiger partial charge in [-0.15, -0.1) is 0 Å². The summed E-state index contributed by atoms with van der Waals surface area (Å²) in [6.45, 7) is 0.401. The third-order valence-electron chi connectivity index (χ3n) is 2.70. The molecule has 8 heteroatoms. The predicted molar refractivity (Wildman–Crippen MR) is 78.3 cm³/mol. The van der Waals surface area contributed by atoms with Gasteiger partial charge in [0.15, 0.2) is 5.69 Å². The van der Waals surface area contributed by atoms with E-state index in [4.69, 9.17) is 11.6 Å². The summed E-state index contributed by atoms with van der Waals surface area (Å²) in [5, 5.41) is -0.428. The summed E-state index contributed by atoms with van der Waals surface area (Å²) in [5.74, 6) is 0.116. The molecule has 0 aliphatic carbocycles. The minimum atomic E-state index is -4.56. The number of rotatable bonds is 3. The number of halogens is 5. The van der Waals surface area contributed by atoms with E-state index in [2.05, 4.69) is 25.9 Å². The molecule has 0 spiro atoms. The standard InChI is InChI=1S/C13H10BrClF3N3/c1-21(7-8-2-4-9(14)5-3-8)11-6-10(13(16,17)18)19-12(15)20-11/h2-6H,7H2,1H3. The molecule has 0 aliphatic rings. The number of anilines is 1. The molecule has 0 N–H and O–H groups in total. The average molecular weight is 381 g/mol. The molecule has 1 aromatic carbocycles. The molecule has 2 rings (SSSR count). The van der Waals surface area contributed by atoms with Crippen molar-refractivity contribution >= 4 is 33.3 Å². The molecular weight excluding hydrogens is 371 g/mol. The molecule has 0 bridgehead atoms. The van der Waals surface area contributed by atoms with Gasteiger partial charge in [-0.3, -0.25) is 0 Å². The molecule has 0 saturated carbocycles. The van der Waals surface area contributed by atoms with Gasteiger partial charge in [0.25, 0.3) is 0 Å². The molecule has 0 amide bonds. The number of benzene rings is 1. The number of aromatic nitrogens is 2. The number of alkyl halides is 3. The summed E-state index contributed by atoms with van der Waals surface area (Å²) in [6.07, 6.45) is -4.56. The summed E-state index contributed by atoms with van der Waals surface area (Å²) >= 11 is 8.89. The van der Waals surface area contributed by atoms with Crippen molar-refractivity contribution in [1.82, 2.24) is 9.97 Å². The molecule has 112 valence electrons. The summed E-state index contributed by atoms with van der Waals surface area (Å²) in [6, 6.07) is 8.33. The van der Waals surface area contributed by atoms with Crippen LogP contribution < -0.4 is 4.90 Å². The zero-order valence-corrected chi connectivity index (χ0v) is 13.2. The molecule has 0 aliphatic heterocycles. The van der Waals surface area contributed by atoms with E-state index < -0.39 is 17.2 Å². The second kappa shape index (κ2) is 6.19. The minimum absolute atomic E-state index is 0.116. The molecule has 21 heavy (non-hydrogen) atoms. The Labute approximate surface area is 132 Å². The van der Waals surface area contributed by atoms with Crippen LogP contribution in [0.4, 0.5) is 19.0 Å². The van der Waals surface area contributed by atoms with Gasteiger partial charge < -0.3 is 4.90 Å². The van der Waals surface area contributed by atoms with Crippen molar-refractivity contribution in [3.63, 3.8) is 0 Å². The molecule has 0 fully saturated rings. The fourth-order valence-corrected chi connectivity index (χ4v) is 2.13. The first kappa shape index (κ1) is 16.0. The van der Waals surface area contributed by atoms with Crippen LogP contribution >= 0.6 is 27.5 Å². The monoisotopic (exact) mass is 379 g/mol. The topological polar surface area (TPSA) is 29.0 Å². The maximum atomic E-state index is 12.7. The first-order valence-corrected chi connectivity index (χ1v) is 7.00. The van der Waals surface area contributed by atoms with Crippen molar-refractivity contribution in [1.29, 1.82) is 0 Å². The lowest BCUT2D eigenvalue weighted by molar-refractivity contribution is -0.141. The van der Waals surface area contributed by atoms with Crippen LogP contribution in [0.5, 0.6) is 0 Å². The Kier molecular flexibility index (Phi) is 4.73. The highest BCUT2D eigenvalue weighted by Gasteiger charge is 2.33. The van der Waals surface area contributed by atoms with E-state index in [1.165, 1.54) is 0 Å². The number of nitrogens with zero attached hydrogens (tertiary/aromatic N) is 3. The fourth-order valence-electron chi connectivity index (χ4n) is 1.69. The second-order valence-corrected chi connectivity index (χ2v) is 5.61. The van der Waals surface area contributed by atoms with Crippen molar-refractivity contribution < 1.29 is 13.2 Å². The highest BCUT2D eigenvalue weighted by Crippen LogP contribution is 2.30. The van der Waals surface area contributed by atoms with Crippen molar-refractivity contribution in [2.45, 2.75) is 12.7 Å². The van der Waals surface area contributed by atoms with E-state index in [1.54, 1.807) is 11.9 Å². The van der Waals surface area contributed by atoms with Crippen LogP contribution in [-0.2, 0) is 12.7 Å². The summed E-state index contributed by atoms with van der Waals surface area (Å²) in [4.78, 5) is 8.61. The molecule has 2 aromatic rings. The van der Waals surface area contributed by atoms with Crippen molar-refractivity contribution in [3.8, 4) is 0 Å². The molecule has 0 atom stereocenters. The van der Waals surface area contributed by atoms with Crippen LogP contribution in [0.25, 0.3) is 0 Å². The van der Waals surface area contributed by atoms with Crippen LogP contribution in [0.2, 0.25) is 5.28 Å². The Morgan fingerprint density at radius 1 is 1.19 bits per heavy atom. The summed E-state index contributed by atoms with van der Waals surface area (Å²) in [7, 11) is 1.64. The second-order valence-electron chi connectivity index (χ2n) is 4.36. The number of hydrogen-bond donors (Lipinski definition) is 0. The van der Waals surface area contributed by atoms with Crippen LogP contribution in [0.1, 0.15) is 11.3 Å². The molecule has 0 saturated heterocycles. The third-order valence-corrected chi connectivity index (χ3v) is 3.40. The molecular formula is C13H10BrClF3N3. The van der Waals surface area contributed by atoms with Gasteiger partial charge in [0.1, 0.15) is 5.82 Å². The van der Waals surface area contributed by atoms with E-state index in [0.717, 1.165) is 16.1 Å². The van der Waals surface area contributed by atoms with Gasteiger partial charge >= 0.3 is 6.18 Å². The molecule has 0 radical (unpaired) electrons. The van der Waals surface area contributed by atoms with Crippen molar-refractivity contribution in [3.05, 3.63) is 51.3 Å². The fraction of sp³-hybridized carbons (Fsp3) is 0.231. The van der Waals surface area contributed by atoms with E-state index in [9.17, 15) is 13.2 Å². The highest BCUT2D eigenvalue weighted by atomic mass is 79.9. The van der Waals surface area contributed by atoms with E-state index in [1.807, 2.05) is 24.3 Å². The Morgan fingerprint density at radius 2 is 1.81 bits per heavy atom. The molecule has 0 unspecified atom stereocenters. The smallest absolute Gasteiger partial charge is 0.355 e. The molecule has 1 aromatic heterocycles. The van der Waals surface area contributed by atoms with Gasteiger partial charge in [0, 0.05) is 24.1 Å². The molecule has 3 nitrogen and oxygen atoms in total. The van der Waals surface area contributed by atoms with Gasteiger partial charge in [-0.05, 0) is 29.3 Å². The summed E-state index contributed by atoms with van der Waals surface area (Å²) < 4.78 is 39.1. The van der Waals surface area contributed by atoms with Crippen LogP contribution in [0.15, 0.2) is 34.8 Å². The Bertz CT molecular complexity index is 632. The maximum absolute atomic E-state index is 12.7. The number of hydrogen-bond acceptors (Lipinski definition) is 3. The van der Waals surface area contributed by atoms with E-state index >= 15 is 0 Å². The Balaban J connectivity index is 2.24. The zero-order valence-electron chi connectivity index (χ0n) is 10.8. The van der Waals surface area contributed by atoms with Gasteiger partial charge in [-0.2, -0.15) is 13.2 Å². The van der Waals surface area contributed by atoms with Crippen LogP contribution in [-0.4, -0.2) is 17.0 Å².